The van der Waals surface area contributed by atoms with Crippen molar-refractivity contribution in [1.82, 2.24) is 4.98 Å². The van der Waals surface area contributed by atoms with Crippen LogP contribution < -0.4 is 4.90 Å². The minimum atomic E-state index is 0.875. The summed E-state index contributed by atoms with van der Waals surface area (Å²) < 4.78 is 6.37. The number of aromatic nitrogens is 1. The SMILES string of the molecule is c1ccc(-c2ccc(N(c3cc4c5c(cccc5c3)-c3nc(-c5ccccc5)sc3-4)c3cccc4oc5ccccc5c34)cc2)cc1. The summed E-state index contributed by atoms with van der Waals surface area (Å²) in [5, 5.41) is 5.73. The van der Waals surface area contributed by atoms with Gasteiger partial charge in [0, 0.05) is 33.5 Å². The molecule has 220 valence electrons. The average Bonchev–Trinajstić information content (AvgIpc) is 3.82. The summed E-state index contributed by atoms with van der Waals surface area (Å²) in [4.78, 5) is 8.80. The minimum Gasteiger partial charge on any atom is -0.456 e. The molecule has 7 aromatic carbocycles. The van der Waals surface area contributed by atoms with E-state index in [9.17, 15) is 0 Å². The molecule has 1 aliphatic rings. The maximum absolute atomic E-state index is 6.37. The van der Waals surface area contributed by atoms with E-state index >= 15 is 0 Å². The first kappa shape index (κ1) is 26.3. The second kappa shape index (κ2) is 10.3. The lowest BCUT2D eigenvalue weighted by Gasteiger charge is -2.27. The van der Waals surface area contributed by atoms with Crippen LogP contribution in [0.4, 0.5) is 17.1 Å². The Hall–Kier alpha value is -5.97. The van der Waals surface area contributed by atoms with E-state index in [4.69, 9.17) is 9.40 Å². The Morgan fingerprint density at radius 1 is 0.511 bits per heavy atom. The third-order valence-corrected chi connectivity index (χ3v) is 10.4. The van der Waals surface area contributed by atoms with Gasteiger partial charge in [0.15, 0.2) is 0 Å². The van der Waals surface area contributed by atoms with Crippen LogP contribution >= 0.6 is 11.3 Å². The number of anilines is 3. The molecule has 0 saturated heterocycles. The van der Waals surface area contributed by atoms with Crippen molar-refractivity contribution < 1.29 is 4.42 Å². The van der Waals surface area contributed by atoms with Gasteiger partial charge in [-0.05, 0) is 64.4 Å². The summed E-state index contributed by atoms with van der Waals surface area (Å²) in [5.41, 5.74) is 12.1. The van der Waals surface area contributed by atoms with E-state index in [0.29, 0.717) is 0 Å². The molecule has 0 spiro atoms. The molecule has 0 atom stereocenters. The Bertz CT molecular complexity index is 2620. The standard InChI is InChI=1S/C43H26N2OS/c1-3-11-27(12-4-1)28-21-23-31(24-22-28)45(36-18-10-20-38-40(36)33-16-7-8-19-37(33)46-38)32-25-30-15-9-17-34-39(30)35(26-32)42-41(34)44-43(47-42)29-13-5-2-6-14-29/h1-26H. The average molecular weight is 619 g/mol. The second-order valence-electron chi connectivity index (χ2n) is 12.0. The number of para-hydroxylation sites is 1. The highest BCUT2D eigenvalue weighted by Gasteiger charge is 2.28. The Morgan fingerprint density at radius 3 is 2.04 bits per heavy atom. The molecule has 9 aromatic rings. The molecule has 1 aliphatic carbocycles. The number of hydrogen-bond acceptors (Lipinski definition) is 4. The summed E-state index contributed by atoms with van der Waals surface area (Å²) >= 11 is 1.78. The molecular formula is C43H26N2OS. The van der Waals surface area contributed by atoms with Crippen LogP contribution in [0.1, 0.15) is 0 Å². The molecule has 0 bridgehead atoms. The van der Waals surface area contributed by atoms with Gasteiger partial charge >= 0.3 is 0 Å². The smallest absolute Gasteiger partial charge is 0.137 e. The van der Waals surface area contributed by atoms with Crippen LogP contribution in [0.3, 0.4) is 0 Å². The summed E-state index contributed by atoms with van der Waals surface area (Å²) in [6.07, 6.45) is 0. The van der Waals surface area contributed by atoms with Gasteiger partial charge in [0.05, 0.1) is 21.6 Å². The zero-order chi connectivity index (χ0) is 30.9. The third kappa shape index (κ3) is 4.09. The maximum Gasteiger partial charge on any atom is 0.137 e. The molecule has 0 radical (unpaired) electrons. The molecule has 0 N–H and O–H groups in total. The molecule has 3 nitrogen and oxygen atoms in total. The van der Waals surface area contributed by atoms with E-state index < -0.39 is 0 Å². The van der Waals surface area contributed by atoms with Gasteiger partial charge in [0.1, 0.15) is 16.2 Å². The van der Waals surface area contributed by atoms with Crippen LogP contribution in [0.2, 0.25) is 0 Å². The van der Waals surface area contributed by atoms with Crippen molar-refractivity contribution in [2.45, 2.75) is 0 Å². The van der Waals surface area contributed by atoms with Crippen LogP contribution in [-0.2, 0) is 0 Å². The Balaban J connectivity index is 1.22. The first-order chi connectivity index (χ1) is 23.3. The third-order valence-electron chi connectivity index (χ3n) is 9.22. The summed E-state index contributed by atoms with van der Waals surface area (Å²) in [5.74, 6) is 0. The topological polar surface area (TPSA) is 29.3 Å². The molecule has 47 heavy (non-hydrogen) atoms. The van der Waals surface area contributed by atoms with Gasteiger partial charge in [-0.15, -0.1) is 11.3 Å². The maximum atomic E-state index is 6.37. The quantitative estimate of drug-likeness (QED) is 0.192. The van der Waals surface area contributed by atoms with E-state index in [2.05, 4.69) is 150 Å². The van der Waals surface area contributed by atoms with Crippen molar-refractivity contribution in [3.63, 3.8) is 0 Å². The molecule has 0 amide bonds. The normalized spacial score (nSPS) is 11.8. The van der Waals surface area contributed by atoms with Crippen molar-refractivity contribution in [1.29, 1.82) is 0 Å². The lowest BCUT2D eigenvalue weighted by Crippen LogP contribution is -2.10. The molecule has 2 heterocycles. The Labute approximate surface area is 275 Å². The van der Waals surface area contributed by atoms with Crippen LogP contribution in [0.5, 0.6) is 0 Å². The fourth-order valence-electron chi connectivity index (χ4n) is 7.11. The van der Waals surface area contributed by atoms with Crippen LogP contribution in [0, 0.1) is 0 Å². The van der Waals surface area contributed by atoms with Crippen LogP contribution in [-0.4, -0.2) is 4.98 Å². The van der Waals surface area contributed by atoms with Crippen molar-refractivity contribution in [2.24, 2.45) is 0 Å². The number of nitrogens with zero attached hydrogens (tertiary/aromatic N) is 2. The molecule has 0 fully saturated rings. The minimum absolute atomic E-state index is 0.875. The van der Waals surface area contributed by atoms with Gasteiger partial charge in [-0.1, -0.05) is 115 Å². The lowest BCUT2D eigenvalue weighted by atomic mass is 10.0. The molecule has 4 heteroatoms. The van der Waals surface area contributed by atoms with E-state index in [1.54, 1.807) is 11.3 Å². The van der Waals surface area contributed by atoms with Crippen molar-refractivity contribution in [3.8, 4) is 43.4 Å². The zero-order valence-corrected chi connectivity index (χ0v) is 26.0. The number of rotatable bonds is 5. The van der Waals surface area contributed by atoms with E-state index in [0.717, 1.165) is 55.3 Å². The number of benzene rings is 7. The fourth-order valence-corrected chi connectivity index (χ4v) is 8.22. The predicted molar refractivity (Wildman–Crippen MR) is 197 cm³/mol. The van der Waals surface area contributed by atoms with Gasteiger partial charge in [-0.2, -0.15) is 0 Å². The number of thiazole rings is 1. The van der Waals surface area contributed by atoms with Gasteiger partial charge in [0.2, 0.25) is 0 Å². The molecule has 2 aromatic heterocycles. The highest BCUT2D eigenvalue weighted by atomic mass is 32.1. The molecule has 10 rings (SSSR count). The van der Waals surface area contributed by atoms with Crippen LogP contribution in [0.25, 0.3) is 76.1 Å². The largest absolute Gasteiger partial charge is 0.456 e. The first-order valence-corrected chi connectivity index (χ1v) is 16.6. The molecule has 0 unspecified atom stereocenters. The van der Waals surface area contributed by atoms with E-state index in [1.165, 1.54) is 37.9 Å². The van der Waals surface area contributed by atoms with Crippen molar-refractivity contribution in [2.75, 3.05) is 4.90 Å². The van der Waals surface area contributed by atoms with Gasteiger partial charge < -0.3 is 9.32 Å². The zero-order valence-electron chi connectivity index (χ0n) is 25.2. The monoisotopic (exact) mass is 618 g/mol. The molecule has 0 aliphatic heterocycles. The number of furan rings is 1. The Morgan fingerprint density at radius 2 is 1.21 bits per heavy atom. The highest BCUT2D eigenvalue weighted by molar-refractivity contribution is 7.19. The van der Waals surface area contributed by atoms with Crippen LogP contribution in [0.15, 0.2) is 162 Å². The molecule has 0 saturated carbocycles. The predicted octanol–water partition coefficient (Wildman–Crippen LogP) is 12.6. The Kier molecular flexibility index (Phi) is 5.74. The van der Waals surface area contributed by atoms with E-state index in [1.807, 2.05) is 12.1 Å². The van der Waals surface area contributed by atoms with Crippen molar-refractivity contribution >= 4 is 61.1 Å². The number of fused-ring (bicyclic) bond motifs is 6. The summed E-state index contributed by atoms with van der Waals surface area (Å²) in [6, 6.07) is 55.9. The van der Waals surface area contributed by atoms with Gasteiger partial charge in [0.25, 0.3) is 0 Å². The second-order valence-corrected chi connectivity index (χ2v) is 13.0. The summed E-state index contributed by atoms with van der Waals surface area (Å²) in [6.45, 7) is 0. The van der Waals surface area contributed by atoms with Gasteiger partial charge in [-0.25, -0.2) is 4.98 Å². The highest BCUT2D eigenvalue weighted by Crippen LogP contribution is 2.54. The van der Waals surface area contributed by atoms with Crippen molar-refractivity contribution in [3.05, 3.63) is 158 Å². The van der Waals surface area contributed by atoms with E-state index in [-0.39, 0.29) is 0 Å². The lowest BCUT2D eigenvalue weighted by molar-refractivity contribution is 0.669. The molecular weight excluding hydrogens is 593 g/mol. The number of hydrogen-bond donors (Lipinski definition) is 0. The first-order valence-electron chi connectivity index (χ1n) is 15.8. The van der Waals surface area contributed by atoms with Gasteiger partial charge in [-0.3, -0.25) is 0 Å². The summed E-state index contributed by atoms with van der Waals surface area (Å²) in [7, 11) is 0. The fraction of sp³-hybridized carbons (Fsp3) is 0.